The van der Waals surface area contributed by atoms with Gasteiger partial charge in [0.05, 0.1) is 14.2 Å². The molecule has 0 bridgehead atoms. The molecular weight excluding hydrogens is 266 g/mol. The van der Waals surface area contributed by atoms with E-state index >= 15 is 0 Å². The smallest absolute Gasteiger partial charge is 0.124 e. The predicted octanol–water partition coefficient (Wildman–Crippen LogP) is 2.83. The van der Waals surface area contributed by atoms with Gasteiger partial charge in [-0.2, -0.15) is 5.26 Å². The Hall–Kier alpha value is -2.61. The number of benzene rings is 1. The van der Waals surface area contributed by atoms with Crippen LogP contribution in [0.4, 0.5) is 5.69 Å². The van der Waals surface area contributed by atoms with E-state index in [0.29, 0.717) is 12.2 Å². The lowest BCUT2D eigenvalue weighted by Gasteiger charge is -2.11. The lowest BCUT2D eigenvalue weighted by Crippen LogP contribution is -2.02. The fraction of sp³-hybridized carbons (Fsp3) is 0.312. The molecule has 0 saturated heterocycles. The number of rotatable bonds is 5. The molecule has 0 radical (unpaired) electrons. The second-order valence-corrected chi connectivity index (χ2v) is 4.77. The lowest BCUT2D eigenvalue weighted by molar-refractivity contribution is 0.394. The highest BCUT2D eigenvalue weighted by Gasteiger charge is 2.09. The topological polar surface area (TPSA) is 59.2 Å². The highest BCUT2D eigenvalue weighted by Crippen LogP contribution is 2.26. The van der Waals surface area contributed by atoms with Crippen molar-refractivity contribution in [1.29, 1.82) is 5.26 Å². The van der Waals surface area contributed by atoms with Gasteiger partial charge < -0.3 is 19.4 Å². The SMILES string of the molecule is COc1cc(NCc2cc(C#N)n(C)c2C)cc(OC)c1. The van der Waals surface area contributed by atoms with Crippen LogP contribution in [0.1, 0.15) is 17.0 Å². The molecule has 0 aliphatic heterocycles. The lowest BCUT2D eigenvalue weighted by atomic mass is 10.2. The molecule has 1 aromatic heterocycles. The van der Waals surface area contributed by atoms with Crippen LogP contribution in [0.2, 0.25) is 0 Å². The molecule has 2 rings (SSSR count). The molecule has 1 heterocycles. The second kappa shape index (κ2) is 6.23. The summed E-state index contributed by atoms with van der Waals surface area (Å²) in [6, 6.07) is 9.73. The van der Waals surface area contributed by atoms with Crippen molar-refractivity contribution in [2.45, 2.75) is 13.5 Å². The summed E-state index contributed by atoms with van der Waals surface area (Å²) in [6.45, 7) is 2.64. The molecule has 110 valence electrons. The number of ether oxygens (including phenoxy) is 2. The van der Waals surface area contributed by atoms with E-state index in [1.807, 2.05) is 42.8 Å². The first-order valence-corrected chi connectivity index (χ1v) is 6.61. The fourth-order valence-corrected chi connectivity index (χ4v) is 2.16. The number of aromatic nitrogens is 1. The summed E-state index contributed by atoms with van der Waals surface area (Å²) in [7, 11) is 5.14. The first kappa shape index (κ1) is 14.8. The Kier molecular flexibility index (Phi) is 4.39. The van der Waals surface area contributed by atoms with Gasteiger partial charge in [0.25, 0.3) is 0 Å². The summed E-state index contributed by atoms with van der Waals surface area (Å²) in [6.07, 6.45) is 0. The summed E-state index contributed by atoms with van der Waals surface area (Å²) in [5.74, 6) is 1.47. The number of nitrogens with one attached hydrogen (secondary N) is 1. The normalized spacial score (nSPS) is 10.0. The zero-order valence-corrected chi connectivity index (χ0v) is 12.7. The number of hydrogen-bond donors (Lipinski definition) is 1. The maximum absolute atomic E-state index is 9.05. The molecule has 0 spiro atoms. The van der Waals surface area contributed by atoms with E-state index in [1.54, 1.807) is 14.2 Å². The molecule has 1 N–H and O–H groups in total. The Morgan fingerprint density at radius 2 is 1.76 bits per heavy atom. The van der Waals surface area contributed by atoms with E-state index in [1.165, 1.54) is 0 Å². The van der Waals surface area contributed by atoms with Crippen molar-refractivity contribution in [3.05, 3.63) is 41.2 Å². The van der Waals surface area contributed by atoms with Crippen LogP contribution >= 0.6 is 0 Å². The quantitative estimate of drug-likeness (QED) is 0.917. The van der Waals surface area contributed by atoms with Gasteiger partial charge in [-0.25, -0.2) is 0 Å². The van der Waals surface area contributed by atoms with Crippen LogP contribution < -0.4 is 14.8 Å². The van der Waals surface area contributed by atoms with Crippen molar-refractivity contribution in [3.63, 3.8) is 0 Å². The molecule has 5 nitrogen and oxygen atoms in total. The van der Waals surface area contributed by atoms with E-state index in [-0.39, 0.29) is 0 Å². The molecule has 0 amide bonds. The van der Waals surface area contributed by atoms with Gasteiger partial charge in [0.1, 0.15) is 23.3 Å². The zero-order chi connectivity index (χ0) is 15.4. The number of methoxy groups -OCH3 is 2. The van der Waals surface area contributed by atoms with Crippen molar-refractivity contribution in [2.75, 3.05) is 19.5 Å². The summed E-state index contributed by atoms with van der Waals surface area (Å²) in [5, 5.41) is 12.4. The second-order valence-electron chi connectivity index (χ2n) is 4.77. The van der Waals surface area contributed by atoms with Crippen LogP contribution in [0.15, 0.2) is 24.3 Å². The van der Waals surface area contributed by atoms with Gasteiger partial charge in [-0.1, -0.05) is 0 Å². The highest BCUT2D eigenvalue weighted by atomic mass is 16.5. The van der Waals surface area contributed by atoms with Gasteiger partial charge >= 0.3 is 0 Å². The summed E-state index contributed by atoms with van der Waals surface area (Å²) in [4.78, 5) is 0. The summed E-state index contributed by atoms with van der Waals surface area (Å²) < 4.78 is 12.4. The van der Waals surface area contributed by atoms with Gasteiger partial charge in [0, 0.05) is 43.2 Å². The van der Waals surface area contributed by atoms with Crippen LogP contribution in [-0.2, 0) is 13.6 Å². The standard InChI is InChI=1S/C16H19N3O2/c1-11-12(5-14(9-17)19(11)2)10-18-13-6-15(20-3)8-16(7-13)21-4/h5-8,18H,10H2,1-4H3. The number of nitrogens with zero attached hydrogens (tertiary/aromatic N) is 2. The van der Waals surface area contributed by atoms with Crippen molar-refractivity contribution < 1.29 is 9.47 Å². The summed E-state index contributed by atoms with van der Waals surface area (Å²) >= 11 is 0. The maximum atomic E-state index is 9.05. The largest absolute Gasteiger partial charge is 0.497 e. The van der Waals surface area contributed by atoms with E-state index in [4.69, 9.17) is 14.7 Å². The molecular formula is C16H19N3O2. The van der Waals surface area contributed by atoms with E-state index in [2.05, 4.69) is 11.4 Å². The Morgan fingerprint density at radius 1 is 1.14 bits per heavy atom. The van der Waals surface area contributed by atoms with Crippen LogP contribution in [-0.4, -0.2) is 18.8 Å². The van der Waals surface area contributed by atoms with Gasteiger partial charge in [-0.05, 0) is 18.6 Å². The van der Waals surface area contributed by atoms with Gasteiger partial charge in [-0.3, -0.25) is 0 Å². The van der Waals surface area contributed by atoms with Crippen molar-refractivity contribution in [2.24, 2.45) is 7.05 Å². The minimum Gasteiger partial charge on any atom is -0.497 e. The molecule has 0 atom stereocenters. The molecule has 1 aromatic carbocycles. The molecule has 0 aliphatic rings. The Bertz CT molecular complexity index is 661. The third kappa shape index (κ3) is 3.11. The molecule has 21 heavy (non-hydrogen) atoms. The number of nitriles is 1. The first-order chi connectivity index (χ1) is 10.1. The van der Waals surface area contributed by atoms with Crippen LogP contribution in [0.3, 0.4) is 0 Å². The van der Waals surface area contributed by atoms with Gasteiger partial charge in [0.15, 0.2) is 0 Å². The third-order valence-electron chi connectivity index (χ3n) is 3.59. The molecule has 0 fully saturated rings. The fourth-order valence-electron chi connectivity index (χ4n) is 2.16. The predicted molar refractivity (Wildman–Crippen MR) is 81.7 cm³/mol. The minimum atomic E-state index is 0.637. The van der Waals surface area contributed by atoms with Crippen molar-refractivity contribution >= 4 is 5.69 Å². The van der Waals surface area contributed by atoms with Gasteiger partial charge in [-0.15, -0.1) is 0 Å². The molecule has 0 saturated carbocycles. The molecule has 0 unspecified atom stereocenters. The molecule has 0 aliphatic carbocycles. The summed E-state index contributed by atoms with van der Waals surface area (Å²) in [5.41, 5.74) is 3.74. The first-order valence-electron chi connectivity index (χ1n) is 6.61. The van der Waals surface area contributed by atoms with E-state index in [9.17, 15) is 0 Å². The monoisotopic (exact) mass is 285 g/mol. The average molecular weight is 285 g/mol. The third-order valence-corrected chi connectivity index (χ3v) is 3.59. The molecule has 2 aromatic rings. The number of hydrogen-bond acceptors (Lipinski definition) is 4. The molecule has 5 heteroatoms. The highest BCUT2D eigenvalue weighted by molar-refractivity contribution is 5.54. The van der Waals surface area contributed by atoms with Crippen LogP contribution in [0.5, 0.6) is 11.5 Å². The zero-order valence-electron chi connectivity index (χ0n) is 12.7. The Morgan fingerprint density at radius 3 is 2.24 bits per heavy atom. The Balaban J connectivity index is 2.18. The van der Waals surface area contributed by atoms with Crippen LogP contribution in [0, 0.1) is 18.3 Å². The number of anilines is 1. The minimum absolute atomic E-state index is 0.637. The average Bonchev–Trinajstić information content (AvgIpc) is 2.80. The van der Waals surface area contributed by atoms with E-state index < -0.39 is 0 Å². The van der Waals surface area contributed by atoms with Crippen LogP contribution in [0.25, 0.3) is 0 Å². The van der Waals surface area contributed by atoms with Crippen molar-refractivity contribution in [3.8, 4) is 17.6 Å². The van der Waals surface area contributed by atoms with Crippen molar-refractivity contribution in [1.82, 2.24) is 4.57 Å². The van der Waals surface area contributed by atoms with E-state index in [0.717, 1.165) is 28.4 Å². The maximum Gasteiger partial charge on any atom is 0.124 e. The Labute approximate surface area is 124 Å². The van der Waals surface area contributed by atoms with Gasteiger partial charge in [0.2, 0.25) is 0 Å².